The fraction of sp³-hybridized carbons (Fsp3) is 0.682. The van der Waals surface area contributed by atoms with Gasteiger partial charge in [0, 0.05) is 50.4 Å². The lowest BCUT2D eigenvalue weighted by atomic mass is 9.80. The Labute approximate surface area is 173 Å². The molecule has 2 heterocycles. The molecule has 1 aromatic rings. The lowest BCUT2D eigenvalue weighted by Gasteiger charge is -2.48. The first kappa shape index (κ1) is 20.3. The van der Waals surface area contributed by atoms with E-state index in [1.165, 1.54) is 32.1 Å². The molecule has 1 saturated carbocycles. The highest BCUT2D eigenvalue weighted by molar-refractivity contribution is 5.93. The molecule has 0 spiro atoms. The van der Waals surface area contributed by atoms with Gasteiger partial charge in [-0.15, -0.1) is 0 Å². The smallest absolute Gasteiger partial charge is 0.195 e. The summed E-state index contributed by atoms with van der Waals surface area (Å²) >= 11 is 0. The zero-order valence-corrected chi connectivity index (χ0v) is 17.5. The zero-order valence-electron chi connectivity index (χ0n) is 17.5. The number of nitrogens with zero attached hydrogens (tertiary/aromatic N) is 2. The normalized spacial score (nSPS) is 22.6. The van der Waals surface area contributed by atoms with Gasteiger partial charge in [0.1, 0.15) is 0 Å². The van der Waals surface area contributed by atoms with Crippen molar-refractivity contribution in [1.82, 2.24) is 10.2 Å². The molecule has 0 unspecified atom stereocenters. The van der Waals surface area contributed by atoms with E-state index < -0.39 is 0 Å². The van der Waals surface area contributed by atoms with Crippen LogP contribution in [0, 0.1) is 0 Å². The standard InChI is InChI=1S/C22H34N4O3/c1-23-21(25-18-6-7-19-20(16-18)29-13-5-12-28-19)24-17-22(8-3-2-4-9-22)26-10-14-27-15-11-26/h6-7,16H,2-5,8-15,17H2,1H3,(H2,23,24,25). The van der Waals surface area contributed by atoms with E-state index >= 15 is 0 Å². The minimum Gasteiger partial charge on any atom is -0.490 e. The number of anilines is 1. The van der Waals surface area contributed by atoms with Crippen molar-refractivity contribution in [1.29, 1.82) is 0 Å². The third kappa shape index (κ3) is 4.95. The molecule has 0 aromatic heterocycles. The fourth-order valence-corrected chi connectivity index (χ4v) is 4.66. The first-order chi connectivity index (χ1) is 14.3. The van der Waals surface area contributed by atoms with Crippen molar-refractivity contribution < 1.29 is 14.2 Å². The second-order valence-electron chi connectivity index (χ2n) is 8.15. The van der Waals surface area contributed by atoms with Crippen molar-refractivity contribution in [3.8, 4) is 11.5 Å². The number of ether oxygens (including phenoxy) is 3. The molecule has 160 valence electrons. The topological polar surface area (TPSA) is 67.4 Å². The van der Waals surface area contributed by atoms with Gasteiger partial charge in [0.05, 0.1) is 26.4 Å². The predicted molar refractivity (Wildman–Crippen MR) is 115 cm³/mol. The summed E-state index contributed by atoms with van der Waals surface area (Å²) in [4.78, 5) is 7.10. The number of fused-ring (bicyclic) bond motifs is 1. The van der Waals surface area contributed by atoms with Gasteiger partial charge in [-0.05, 0) is 25.0 Å². The Morgan fingerprint density at radius 3 is 2.52 bits per heavy atom. The van der Waals surface area contributed by atoms with Crippen LogP contribution in [0.2, 0.25) is 0 Å². The molecule has 7 heteroatoms. The first-order valence-corrected chi connectivity index (χ1v) is 11.0. The van der Waals surface area contributed by atoms with Gasteiger partial charge in [0.25, 0.3) is 0 Å². The van der Waals surface area contributed by atoms with Crippen molar-refractivity contribution in [2.24, 2.45) is 4.99 Å². The molecule has 4 rings (SSSR count). The van der Waals surface area contributed by atoms with Crippen LogP contribution in [0.4, 0.5) is 5.69 Å². The first-order valence-electron chi connectivity index (χ1n) is 11.0. The van der Waals surface area contributed by atoms with Crippen LogP contribution in [-0.2, 0) is 4.74 Å². The maximum atomic E-state index is 5.81. The number of hydrogen-bond acceptors (Lipinski definition) is 5. The molecule has 1 saturated heterocycles. The summed E-state index contributed by atoms with van der Waals surface area (Å²) in [6, 6.07) is 5.97. The Morgan fingerprint density at radius 1 is 1.00 bits per heavy atom. The lowest BCUT2D eigenvalue weighted by Crippen LogP contribution is -2.60. The van der Waals surface area contributed by atoms with E-state index in [1.807, 2.05) is 25.2 Å². The minimum atomic E-state index is 0.199. The third-order valence-corrected chi connectivity index (χ3v) is 6.28. The molecule has 2 N–H and O–H groups in total. The van der Waals surface area contributed by atoms with Gasteiger partial charge in [-0.2, -0.15) is 0 Å². The molecule has 2 aliphatic heterocycles. The van der Waals surface area contributed by atoms with Gasteiger partial charge in [0.2, 0.25) is 0 Å². The molecule has 1 aliphatic carbocycles. The van der Waals surface area contributed by atoms with Crippen LogP contribution in [0.5, 0.6) is 11.5 Å². The van der Waals surface area contributed by atoms with Gasteiger partial charge < -0.3 is 24.8 Å². The average Bonchev–Trinajstić information content (AvgIpc) is 3.03. The Hall–Kier alpha value is -1.99. The minimum absolute atomic E-state index is 0.199. The van der Waals surface area contributed by atoms with Crippen molar-refractivity contribution in [3.05, 3.63) is 18.2 Å². The van der Waals surface area contributed by atoms with Crippen molar-refractivity contribution in [3.63, 3.8) is 0 Å². The molecule has 3 aliphatic rings. The largest absolute Gasteiger partial charge is 0.490 e. The fourth-order valence-electron chi connectivity index (χ4n) is 4.66. The van der Waals surface area contributed by atoms with Crippen LogP contribution in [0.25, 0.3) is 0 Å². The molecule has 1 aromatic carbocycles. The maximum Gasteiger partial charge on any atom is 0.195 e. The molecular formula is C22H34N4O3. The van der Waals surface area contributed by atoms with E-state index in [0.29, 0.717) is 13.2 Å². The number of benzene rings is 1. The predicted octanol–water partition coefficient (Wildman–Crippen LogP) is 2.87. The van der Waals surface area contributed by atoms with Gasteiger partial charge >= 0.3 is 0 Å². The zero-order chi connectivity index (χ0) is 19.9. The summed E-state index contributed by atoms with van der Waals surface area (Å²) in [6.45, 7) is 6.01. The molecule has 2 fully saturated rings. The van der Waals surface area contributed by atoms with Crippen LogP contribution < -0.4 is 20.1 Å². The highest BCUT2D eigenvalue weighted by atomic mass is 16.5. The van der Waals surface area contributed by atoms with Gasteiger partial charge in [-0.3, -0.25) is 9.89 Å². The summed E-state index contributed by atoms with van der Waals surface area (Å²) in [5, 5.41) is 7.02. The second kappa shape index (κ2) is 9.67. The number of aliphatic imine (C=N–C) groups is 1. The van der Waals surface area contributed by atoms with E-state index in [-0.39, 0.29) is 5.54 Å². The van der Waals surface area contributed by atoms with Crippen LogP contribution >= 0.6 is 0 Å². The van der Waals surface area contributed by atoms with E-state index in [2.05, 4.69) is 20.5 Å². The summed E-state index contributed by atoms with van der Waals surface area (Å²) in [6.07, 6.45) is 7.32. The summed E-state index contributed by atoms with van der Waals surface area (Å²) in [7, 11) is 1.82. The highest BCUT2D eigenvalue weighted by Crippen LogP contribution is 2.34. The van der Waals surface area contributed by atoms with Crippen LogP contribution in [0.1, 0.15) is 38.5 Å². The Bertz CT molecular complexity index is 697. The highest BCUT2D eigenvalue weighted by Gasteiger charge is 2.38. The third-order valence-electron chi connectivity index (χ3n) is 6.28. The van der Waals surface area contributed by atoms with Gasteiger partial charge in [0.15, 0.2) is 17.5 Å². The SMILES string of the molecule is CN=C(NCC1(N2CCOCC2)CCCCC1)Nc1ccc2c(c1)OCCCO2. The summed E-state index contributed by atoms with van der Waals surface area (Å²) in [5.74, 6) is 2.39. The molecule has 0 amide bonds. The summed E-state index contributed by atoms with van der Waals surface area (Å²) in [5.41, 5.74) is 1.15. The Morgan fingerprint density at radius 2 is 1.76 bits per heavy atom. The van der Waals surface area contributed by atoms with E-state index in [1.54, 1.807) is 0 Å². The maximum absolute atomic E-state index is 5.81. The van der Waals surface area contributed by atoms with Crippen molar-refractivity contribution in [2.75, 3.05) is 58.4 Å². The number of rotatable bonds is 4. The molecule has 0 atom stereocenters. The number of nitrogens with one attached hydrogen (secondary N) is 2. The quantitative estimate of drug-likeness (QED) is 0.596. The lowest BCUT2D eigenvalue weighted by molar-refractivity contribution is -0.0352. The van der Waals surface area contributed by atoms with Crippen LogP contribution in [-0.4, -0.2) is 69.5 Å². The van der Waals surface area contributed by atoms with Crippen LogP contribution in [0.3, 0.4) is 0 Å². The molecule has 29 heavy (non-hydrogen) atoms. The monoisotopic (exact) mass is 402 g/mol. The Balaban J connectivity index is 1.41. The van der Waals surface area contributed by atoms with E-state index in [0.717, 1.165) is 62.4 Å². The molecule has 7 nitrogen and oxygen atoms in total. The van der Waals surface area contributed by atoms with E-state index in [4.69, 9.17) is 14.2 Å². The number of hydrogen-bond donors (Lipinski definition) is 2. The Kier molecular flexibility index (Phi) is 6.77. The number of guanidine groups is 1. The number of morpholine rings is 1. The average molecular weight is 403 g/mol. The second-order valence-corrected chi connectivity index (χ2v) is 8.15. The molecular weight excluding hydrogens is 368 g/mol. The van der Waals surface area contributed by atoms with E-state index in [9.17, 15) is 0 Å². The van der Waals surface area contributed by atoms with Crippen molar-refractivity contribution >= 4 is 11.6 Å². The van der Waals surface area contributed by atoms with Crippen LogP contribution in [0.15, 0.2) is 23.2 Å². The van der Waals surface area contributed by atoms with Gasteiger partial charge in [-0.25, -0.2) is 0 Å². The summed E-state index contributed by atoms with van der Waals surface area (Å²) < 4.78 is 17.1. The van der Waals surface area contributed by atoms with Gasteiger partial charge in [-0.1, -0.05) is 19.3 Å². The molecule has 0 radical (unpaired) electrons. The molecule has 0 bridgehead atoms. The van der Waals surface area contributed by atoms with Crippen molar-refractivity contribution in [2.45, 2.75) is 44.1 Å².